The molecule has 0 unspecified atom stereocenters. The molecule has 3 heterocycles. The lowest BCUT2D eigenvalue weighted by atomic mass is 9.88. The first-order valence-electron chi connectivity index (χ1n) is 13.4. The first kappa shape index (κ1) is 25.7. The van der Waals surface area contributed by atoms with Crippen molar-refractivity contribution in [1.29, 1.82) is 0 Å². The van der Waals surface area contributed by atoms with Crippen molar-refractivity contribution in [2.45, 2.75) is 44.5 Å². The minimum Gasteiger partial charge on any atom is -0.488 e. The Morgan fingerprint density at radius 3 is 2.70 bits per heavy atom. The molecule has 2 aliphatic rings. The minimum atomic E-state index is -0.491. The Morgan fingerprint density at radius 1 is 1.02 bits per heavy atom. The first-order chi connectivity index (χ1) is 19.5. The molecule has 0 aliphatic carbocycles. The van der Waals surface area contributed by atoms with E-state index in [1.165, 1.54) is 19.2 Å². The molecule has 0 radical (unpaired) electrons. The number of esters is 1. The van der Waals surface area contributed by atoms with Crippen molar-refractivity contribution < 1.29 is 23.5 Å². The number of rotatable bonds is 7. The van der Waals surface area contributed by atoms with E-state index in [1.54, 1.807) is 11.0 Å². The van der Waals surface area contributed by atoms with Crippen LogP contribution in [0.15, 0.2) is 84.6 Å². The van der Waals surface area contributed by atoms with Gasteiger partial charge < -0.3 is 24.7 Å². The fourth-order valence-corrected chi connectivity index (χ4v) is 5.93. The molecule has 2 atom stereocenters. The summed E-state index contributed by atoms with van der Waals surface area (Å²) in [4.78, 5) is 31.6. The molecule has 2 N–H and O–H groups in total. The lowest BCUT2D eigenvalue weighted by molar-refractivity contribution is -0.136. The number of amides is 2. The fraction of sp³-hybridized carbons (Fsp3) is 0.250. The smallest absolute Gasteiger partial charge is 0.336 e. The van der Waals surface area contributed by atoms with E-state index in [0.29, 0.717) is 36.3 Å². The Labute approximate surface area is 231 Å². The molecule has 40 heavy (non-hydrogen) atoms. The number of benzene rings is 3. The third-order valence-electron chi connectivity index (χ3n) is 7.81. The van der Waals surface area contributed by atoms with Gasteiger partial charge in [-0.1, -0.05) is 36.4 Å². The van der Waals surface area contributed by atoms with Gasteiger partial charge in [0.2, 0.25) is 0 Å². The number of aromatic amines is 1. The predicted molar refractivity (Wildman–Crippen MR) is 150 cm³/mol. The average Bonchev–Trinajstić information content (AvgIpc) is 3.57. The van der Waals surface area contributed by atoms with Gasteiger partial charge >= 0.3 is 12.0 Å². The number of nitrogens with one attached hydrogen (secondary N) is 2. The molecule has 2 bridgehead atoms. The maximum Gasteiger partial charge on any atom is 0.336 e. The van der Waals surface area contributed by atoms with Gasteiger partial charge in [0.15, 0.2) is 0 Å². The number of ether oxygens (including phenoxy) is 2. The molecule has 0 spiro atoms. The van der Waals surface area contributed by atoms with E-state index in [0.717, 1.165) is 34.0 Å². The van der Waals surface area contributed by atoms with Crippen molar-refractivity contribution in [3.8, 4) is 5.75 Å². The lowest BCUT2D eigenvalue weighted by Gasteiger charge is -2.37. The number of carbonyl (C=O) groups is 2. The summed E-state index contributed by atoms with van der Waals surface area (Å²) in [6.45, 7) is 0.628. The van der Waals surface area contributed by atoms with Crippen LogP contribution >= 0.6 is 0 Å². The van der Waals surface area contributed by atoms with Crippen LogP contribution in [0.25, 0.3) is 16.5 Å². The van der Waals surface area contributed by atoms with E-state index in [1.807, 2.05) is 60.8 Å². The van der Waals surface area contributed by atoms with Crippen LogP contribution in [-0.2, 0) is 22.7 Å². The fourth-order valence-electron chi connectivity index (χ4n) is 5.93. The molecule has 4 aromatic rings. The highest BCUT2D eigenvalue weighted by molar-refractivity contribution is 6.01. The standard InChI is InChI=1S/C32H30FN3O4/c1-39-31(37)30-26(25-10-8-23(33)16-29(25)40-19-20-5-3-2-4-6-20)17-24-9-12-28(30)36(24)32(38)35-18-21-7-11-27-22(15-21)13-14-34-27/h2-8,10-11,13-16,24,28,34H,9,12,17-19H2,1H3,(H,35,38)/t24-,28+/m0/s1. The molecule has 1 fully saturated rings. The normalized spacial score (nSPS) is 18.2. The Kier molecular flexibility index (Phi) is 6.99. The molecule has 3 aromatic carbocycles. The Morgan fingerprint density at radius 2 is 1.88 bits per heavy atom. The summed E-state index contributed by atoms with van der Waals surface area (Å²) in [5.74, 6) is -0.559. The molecule has 1 saturated heterocycles. The third-order valence-corrected chi connectivity index (χ3v) is 7.81. The second kappa shape index (κ2) is 10.9. The number of urea groups is 1. The summed E-state index contributed by atoms with van der Waals surface area (Å²) in [7, 11) is 1.34. The zero-order chi connectivity index (χ0) is 27.6. The van der Waals surface area contributed by atoms with E-state index >= 15 is 0 Å². The van der Waals surface area contributed by atoms with Crippen molar-refractivity contribution in [3.63, 3.8) is 0 Å². The first-order valence-corrected chi connectivity index (χ1v) is 13.4. The van der Waals surface area contributed by atoms with Crippen LogP contribution < -0.4 is 10.1 Å². The monoisotopic (exact) mass is 539 g/mol. The van der Waals surface area contributed by atoms with Gasteiger partial charge in [0.25, 0.3) is 0 Å². The maximum absolute atomic E-state index is 14.3. The van der Waals surface area contributed by atoms with Gasteiger partial charge in [0.05, 0.1) is 18.7 Å². The summed E-state index contributed by atoms with van der Waals surface area (Å²) in [6, 6.07) is 21.2. The Bertz CT molecular complexity index is 1600. The molecule has 8 heteroatoms. The molecular weight excluding hydrogens is 509 g/mol. The molecule has 204 valence electrons. The zero-order valence-electron chi connectivity index (χ0n) is 22.2. The second-order valence-corrected chi connectivity index (χ2v) is 10.2. The quantitative estimate of drug-likeness (QED) is 0.284. The number of fused-ring (bicyclic) bond motifs is 3. The molecular formula is C32H30FN3O4. The highest BCUT2D eigenvalue weighted by atomic mass is 19.1. The van der Waals surface area contributed by atoms with E-state index in [-0.39, 0.29) is 18.7 Å². The highest BCUT2D eigenvalue weighted by Crippen LogP contribution is 2.45. The van der Waals surface area contributed by atoms with E-state index < -0.39 is 17.8 Å². The summed E-state index contributed by atoms with van der Waals surface area (Å²) < 4.78 is 25.6. The summed E-state index contributed by atoms with van der Waals surface area (Å²) in [6.07, 6.45) is 3.72. The number of H-pyrrole nitrogens is 1. The van der Waals surface area contributed by atoms with Crippen molar-refractivity contribution in [2.24, 2.45) is 0 Å². The molecule has 2 amide bonds. The van der Waals surface area contributed by atoms with Gasteiger partial charge in [-0.2, -0.15) is 0 Å². The molecule has 6 rings (SSSR count). The summed E-state index contributed by atoms with van der Waals surface area (Å²) in [5, 5.41) is 4.12. The van der Waals surface area contributed by atoms with E-state index in [4.69, 9.17) is 9.47 Å². The number of methoxy groups -OCH3 is 1. The van der Waals surface area contributed by atoms with Crippen LogP contribution in [0.4, 0.5) is 9.18 Å². The predicted octanol–water partition coefficient (Wildman–Crippen LogP) is 5.96. The SMILES string of the molecule is COC(=O)C1=C(c2ccc(F)cc2OCc2ccccc2)C[C@@H]2CC[C@H]1N2C(=O)NCc1ccc2[nH]ccc2c1. The summed E-state index contributed by atoms with van der Waals surface area (Å²) >= 11 is 0. The molecule has 0 saturated carbocycles. The van der Waals surface area contributed by atoms with Crippen molar-refractivity contribution in [1.82, 2.24) is 15.2 Å². The van der Waals surface area contributed by atoms with Gasteiger partial charge in [-0.3, -0.25) is 0 Å². The van der Waals surface area contributed by atoms with E-state index in [9.17, 15) is 14.0 Å². The topological polar surface area (TPSA) is 83.7 Å². The number of aromatic nitrogens is 1. The number of hydrogen-bond donors (Lipinski definition) is 2. The molecule has 1 aromatic heterocycles. The van der Waals surface area contributed by atoms with Crippen LogP contribution in [0.2, 0.25) is 0 Å². The van der Waals surface area contributed by atoms with Gasteiger partial charge in [-0.25, -0.2) is 14.0 Å². The average molecular weight is 540 g/mol. The number of carbonyl (C=O) groups excluding carboxylic acids is 2. The van der Waals surface area contributed by atoms with Gasteiger partial charge in [0, 0.05) is 35.9 Å². The maximum atomic E-state index is 14.3. The van der Waals surface area contributed by atoms with Gasteiger partial charge in [-0.05, 0) is 71.7 Å². The Balaban J connectivity index is 1.28. The van der Waals surface area contributed by atoms with Crippen LogP contribution in [0.5, 0.6) is 5.75 Å². The third kappa shape index (κ3) is 4.93. The lowest BCUT2D eigenvalue weighted by Crippen LogP contribution is -2.50. The van der Waals surface area contributed by atoms with Crippen LogP contribution in [-0.4, -0.2) is 41.1 Å². The van der Waals surface area contributed by atoms with Crippen LogP contribution in [0.1, 0.15) is 36.0 Å². The van der Waals surface area contributed by atoms with E-state index in [2.05, 4.69) is 10.3 Å². The molecule has 7 nitrogen and oxygen atoms in total. The van der Waals surface area contributed by atoms with Crippen molar-refractivity contribution in [3.05, 3.63) is 107 Å². The molecule has 2 aliphatic heterocycles. The highest BCUT2D eigenvalue weighted by Gasteiger charge is 2.47. The Hall–Kier alpha value is -4.59. The van der Waals surface area contributed by atoms with Crippen molar-refractivity contribution >= 4 is 28.5 Å². The minimum absolute atomic E-state index is 0.104. The number of nitrogens with zero attached hydrogens (tertiary/aromatic N) is 1. The van der Waals surface area contributed by atoms with Crippen molar-refractivity contribution in [2.75, 3.05) is 7.11 Å². The summed E-state index contributed by atoms with van der Waals surface area (Å²) in [5.41, 5.74) is 4.79. The van der Waals surface area contributed by atoms with Crippen LogP contribution in [0.3, 0.4) is 0 Å². The second-order valence-electron chi connectivity index (χ2n) is 10.2. The van der Waals surface area contributed by atoms with Gasteiger partial charge in [0.1, 0.15) is 18.2 Å². The largest absolute Gasteiger partial charge is 0.488 e. The van der Waals surface area contributed by atoms with Gasteiger partial charge in [-0.15, -0.1) is 0 Å². The number of halogens is 1. The number of hydrogen-bond acceptors (Lipinski definition) is 4. The zero-order valence-corrected chi connectivity index (χ0v) is 22.2. The van der Waals surface area contributed by atoms with Crippen LogP contribution in [0, 0.1) is 5.82 Å².